The van der Waals surface area contributed by atoms with Crippen LogP contribution in [-0.2, 0) is 4.43 Å². The molecule has 1 nitrogen and oxygen atoms in total. The molecule has 0 saturated heterocycles. The van der Waals surface area contributed by atoms with Gasteiger partial charge in [0.2, 0.25) is 0 Å². The first-order chi connectivity index (χ1) is 6.62. The second kappa shape index (κ2) is 8.48. The van der Waals surface area contributed by atoms with Crippen LogP contribution in [0.25, 0.3) is 0 Å². The van der Waals surface area contributed by atoms with Crippen molar-refractivity contribution in [2.24, 2.45) is 0 Å². The quantitative estimate of drug-likeness (QED) is 0.456. The summed E-state index contributed by atoms with van der Waals surface area (Å²) in [5.74, 6) is 0. The van der Waals surface area contributed by atoms with E-state index in [-0.39, 0.29) is 0 Å². The highest BCUT2D eigenvalue weighted by Crippen LogP contribution is 2.14. The molecular formula is C11H24OSi2. The van der Waals surface area contributed by atoms with E-state index in [0.717, 1.165) is 12.7 Å². The molecule has 0 atom stereocenters. The molecule has 0 amide bonds. The molecule has 0 saturated carbocycles. The van der Waals surface area contributed by atoms with E-state index in [2.05, 4.69) is 20.0 Å². The fraction of sp³-hybridized carbons (Fsp3) is 0.909. The fourth-order valence-corrected chi connectivity index (χ4v) is 5.15. The topological polar surface area (TPSA) is 9.23 Å². The van der Waals surface area contributed by atoms with Gasteiger partial charge in [-0.3, -0.25) is 0 Å². The van der Waals surface area contributed by atoms with Gasteiger partial charge in [0.15, 0.2) is 8.32 Å². The molecule has 0 aromatic heterocycles. The summed E-state index contributed by atoms with van der Waals surface area (Å²) in [7, 11) is -0.766. The van der Waals surface area contributed by atoms with Gasteiger partial charge in [-0.1, -0.05) is 26.2 Å². The minimum absolute atomic E-state index is 0.591. The Morgan fingerprint density at radius 2 is 1.93 bits per heavy atom. The molecule has 0 aliphatic heterocycles. The van der Waals surface area contributed by atoms with Crippen LogP contribution < -0.4 is 0 Å². The maximum absolute atomic E-state index is 5.97. The van der Waals surface area contributed by atoms with Gasteiger partial charge in [-0.25, -0.2) is 0 Å². The number of unbranched alkanes of at least 4 members (excludes halogenated alkanes) is 3. The molecule has 0 aliphatic carbocycles. The van der Waals surface area contributed by atoms with Crippen molar-refractivity contribution in [2.45, 2.75) is 57.8 Å². The zero-order valence-electron chi connectivity index (χ0n) is 9.94. The average molecular weight is 228 g/mol. The first kappa shape index (κ1) is 14.2. The molecule has 0 heterocycles. The van der Waals surface area contributed by atoms with Crippen LogP contribution in [0.2, 0.25) is 25.2 Å². The second-order valence-electron chi connectivity index (χ2n) is 4.37. The number of hydrogen-bond acceptors (Lipinski definition) is 1. The molecule has 0 aliphatic rings. The predicted molar refractivity (Wildman–Crippen MR) is 67.9 cm³/mol. The molecule has 14 heavy (non-hydrogen) atoms. The summed E-state index contributed by atoms with van der Waals surface area (Å²) in [4.78, 5) is 0. The van der Waals surface area contributed by atoms with Gasteiger partial charge in [-0.15, -0.1) is 0 Å². The first-order valence-corrected chi connectivity index (χ1v) is 10.1. The van der Waals surface area contributed by atoms with Crippen molar-refractivity contribution in [3.05, 3.63) is 0 Å². The summed E-state index contributed by atoms with van der Waals surface area (Å²) in [6.07, 6.45) is 5.19. The molecule has 0 rings (SSSR count). The van der Waals surface area contributed by atoms with Gasteiger partial charge < -0.3 is 4.43 Å². The summed E-state index contributed by atoms with van der Waals surface area (Å²) >= 11 is 0. The van der Waals surface area contributed by atoms with E-state index in [9.17, 15) is 0 Å². The Labute approximate surface area is 92.5 Å². The molecule has 0 spiro atoms. The maximum atomic E-state index is 5.97. The van der Waals surface area contributed by atoms with Crippen LogP contribution in [0, 0.1) is 6.00 Å². The van der Waals surface area contributed by atoms with Gasteiger partial charge in [0, 0.05) is 6.61 Å². The first-order valence-electron chi connectivity index (χ1n) is 5.70. The van der Waals surface area contributed by atoms with Gasteiger partial charge >= 0.3 is 0 Å². The fourth-order valence-electron chi connectivity index (χ4n) is 1.32. The summed E-state index contributed by atoms with van der Waals surface area (Å²) in [5, 5.41) is 0. The smallest absolute Gasteiger partial charge is 0.187 e. The SMILES string of the molecule is C#[Si]CC[Si](C)(C)OCCCCCC. The van der Waals surface area contributed by atoms with Crippen molar-refractivity contribution < 1.29 is 4.43 Å². The van der Waals surface area contributed by atoms with Crippen molar-refractivity contribution in [1.82, 2.24) is 0 Å². The van der Waals surface area contributed by atoms with Crippen molar-refractivity contribution in [2.75, 3.05) is 6.61 Å². The summed E-state index contributed by atoms with van der Waals surface area (Å²) < 4.78 is 5.97. The van der Waals surface area contributed by atoms with Crippen LogP contribution in [0.5, 0.6) is 0 Å². The standard InChI is InChI=1S/C11H24OSi2/c1-5-6-7-8-9-12-14(3,4)11-10-13-2/h2H,5-11H2,1,3-4H3. The highest BCUT2D eigenvalue weighted by Gasteiger charge is 2.20. The average Bonchev–Trinajstić information content (AvgIpc) is 2.15. The zero-order chi connectivity index (χ0) is 10.9. The second-order valence-corrected chi connectivity index (χ2v) is 9.59. The van der Waals surface area contributed by atoms with Gasteiger partial charge in [-0.2, -0.15) is 6.00 Å². The molecule has 0 bridgehead atoms. The van der Waals surface area contributed by atoms with Crippen LogP contribution >= 0.6 is 0 Å². The third kappa shape index (κ3) is 8.76. The highest BCUT2D eigenvalue weighted by atomic mass is 28.4. The highest BCUT2D eigenvalue weighted by molar-refractivity contribution is 6.71. The Bertz CT molecular complexity index is 173. The van der Waals surface area contributed by atoms with Crippen LogP contribution in [0.3, 0.4) is 0 Å². The van der Waals surface area contributed by atoms with Crippen LogP contribution in [0.15, 0.2) is 0 Å². The van der Waals surface area contributed by atoms with E-state index < -0.39 is 8.32 Å². The molecule has 82 valence electrons. The lowest BCUT2D eigenvalue weighted by atomic mass is 10.2. The van der Waals surface area contributed by atoms with E-state index in [1.807, 2.05) is 0 Å². The lowest BCUT2D eigenvalue weighted by molar-refractivity contribution is 0.295. The van der Waals surface area contributed by atoms with E-state index in [4.69, 9.17) is 10.4 Å². The summed E-state index contributed by atoms with van der Waals surface area (Å²) in [6.45, 7) is 7.80. The summed E-state index contributed by atoms with van der Waals surface area (Å²) in [5.41, 5.74) is 0. The number of rotatable bonds is 8. The van der Waals surface area contributed by atoms with E-state index in [0.29, 0.717) is 8.96 Å². The molecule has 0 N–H and O–H groups in total. The van der Waals surface area contributed by atoms with E-state index in [1.165, 1.54) is 31.7 Å². The van der Waals surface area contributed by atoms with Crippen molar-refractivity contribution >= 4 is 17.3 Å². The van der Waals surface area contributed by atoms with Crippen LogP contribution in [-0.4, -0.2) is 23.9 Å². The molecule has 0 radical (unpaired) electrons. The Hall–Kier alpha value is 0.174. The van der Waals surface area contributed by atoms with Crippen LogP contribution in [0.1, 0.15) is 32.6 Å². The van der Waals surface area contributed by atoms with Crippen molar-refractivity contribution in [3.8, 4) is 6.00 Å². The van der Waals surface area contributed by atoms with Crippen molar-refractivity contribution in [1.29, 1.82) is 0 Å². The largest absolute Gasteiger partial charge is 0.417 e. The van der Waals surface area contributed by atoms with Crippen molar-refractivity contribution in [3.63, 3.8) is 0 Å². The minimum Gasteiger partial charge on any atom is -0.417 e. The van der Waals surface area contributed by atoms with Gasteiger partial charge in [0.05, 0.1) is 0 Å². The maximum Gasteiger partial charge on any atom is 0.187 e. The molecule has 0 aromatic rings. The number of hydrogen-bond donors (Lipinski definition) is 0. The third-order valence-electron chi connectivity index (χ3n) is 2.36. The normalized spacial score (nSPS) is 11.3. The van der Waals surface area contributed by atoms with E-state index >= 15 is 0 Å². The lowest BCUT2D eigenvalue weighted by Gasteiger charge is -2.21. The Kier molecular flexibility index (Phi) is 8.58. The molecule has 0 fully saturated rings. The Morgan fingerprint density at radius 3 is 2.50 bits per heavy atom. The predicted octanol–water partition coefficient (Wildman–Crippen LogP) is 3.50. The van der Waals surface area contributed by atoms with Gasteiger partial charge in [0.1, 0.15) is 0 Å². The molecule has 0 aromatic carbocycles. The van der Waals surface area contributed by atoms with E-state index in [1.54, 1.807) is 0 Å². The molecule has 0 unspecified atom stereocenters. The summed E-state index contributed by atoms with van der Waals surface area (Å²) in [6, 6.07) is 7.89. The van der Waals surface area contributed by atoms with Gasteiger partial charge in [-0.05, 0) is 40.6 Å². The Morgan fingerprint density at radius 1 is 1.21 bits per heavy atom. The molecule has 3 heteroatoms. The Balaban J connectivity index is 3.41. The zero-order valence-corrected chi connectivity index (χ0v) is 11.9. The minimum atomic E-state index is -1.36. The van der Waals surface area contributed by atoms with Crippen LogP contribution in [0.4, 0.5) is 0 Å². The third-order valence-corrected chi connectivity index (χ3v) is 5.84. The monoisotopic (exact) mass is 228 g/mol. The lowest BCUT2D eigenvalue weighted by Crippen LogP contribution is -2.30. The molecular weight excluding hydrogens is 204 g/mol. The van der Waals surface area contributed by atoms with Gasteiger partial charge in [0.25, 0.3) is 0 Å².